The van der Waals surface area contributed by atoms with E-state index < -0.39 is 42.0 Å². The van der Waals surface area contributed by atoms with Crippen molar-refractivity contribution in [3.63, 3.8) is 0 Å². The molecule has 12 heteroatoms. The second-order valence-corrected chi connectivity index (χ2v) is 10.6. The Bertz CT molecular complexity index is 1360. The van der Waals surface area contributed by atoms with E-state index in [2.05, 4.69) is 19.0 Å². The maximum atomic E-state index is 11.9. The molecule has 0 aliphatic carbocycles. The molecule has 0 saturated carbocycles. The molecule has 1 unspecified atom stereocenters. The van der Waals surface area contributed by atoms with E-state index in [1.165, 1.54) is 0 Å². The van der Waals surface area contributed by atoms with Gasteiger partial charge in [0.25, 0.3) is 0 Å². The monoisotopic (exact) mass is 627 g/mol. The lowest BCUT2D eigenvalue weighted by molar-refractivity contribution is -0.170. The Balaban J connectivity index is 0.000000459. The van der Waals surface area contributed by atoms with Crippen LogP contribution in [0.2, 0.25) is 0 Å². The van der Waals surface area contributed by atoms with Gasteiger partial charge in [0, 0.05) is 13.0 Å². The average Bonchev–Trinajstić information content (AvgIpc) is 2.99. The van der Waals surface area contributed by atoms with Crippen LogP contribution in [0, 0.1) is 0 Å². The molecule has 0 radical (unpaired) electrons. The highest BCUT2D eigenvalue weighted by molar-refractivity contribution is 5.88. The molecule has 0 spiro atoms. The van der Waals surface area contributed by atoms with Crippen LogP contribution in [0.5, 0.6) is 17.2 Å². The largest absolute Gasteiger partial charge is 0.497 e. The first kappa shape index (κ1) is 36.5. The lowest BCUT2D eigenvalue weighted by Crippen LogP contribution is -2.42. The molecule has 0 fully saturated rings. The van der Waals surface area contributed by atoms with Gasteiger partial charge in [0.2, 0.25) is 0 Å². The minimum Gasteiger partial charge on any atom is -0.497 e. The van der Waals surface area contributed by atoms with Gasteiger partial charge in [-0.3, -0.25) is 9.59 Å². The smallest absolute Gasteiger partial charge is 0.336 e. The van der Waals surface area contributed by atoms with E-state index in [0.717, 1.165) is 46.9 Å². The summed E-state index contributed by atoms with van der Waals surface area (Å²) in [4.78, 5) is 32.6. The first-order valence-corrected chi connectivity index (χ1v) is 14.0. The first-order chi connectivity index (χ1) is 21.2. The van der Waals surface area contributed by atoms with Crippen LogP contribution < -0.4 is 14.2 Å². The second-order valence-electron chi connectivity index (χ2n) is 10.6. The van der Waals surface area contributed by atoms with Crippen molar-refractivity contribution in [2.24, 2.45) is 0 Å². The molecule has 0 aromatic heterocycles. The number of nitrogens with zero attached hydrogens (tertiary/aromatic N) is 1. The van der Waals surface area contributed by atoms with E-state index in [-0.39, 0.29) is 0 Å². The number of methoxy groups -OCH3 is 2. The third-order valence-corrected chi connectivity index (χ3v) is 6.82. The third-order valence-electron chi connectivity index (χ3n) is 6.82. The Hall–Kier alpha value is -4.65. The molecule has 1 atom stereocenters. The molecule has 5 N–H and O–H groups in total. The van der Waals surface area contributed by atoms with Gasteiger partial charge in [-0.15, -0.1) is 0 Å². The summed E-state index contributed by atoms with van der Waals surface area (Å²) in [5, 5.41) is 45.8. The van der Waals surface area contributed by atoms with E-state index in [9.17, 15) is 19.5 Å². The van der Waals surface area contributed by atoms with Gasteiger partial charge < -0.3 is 44.6 Å². The van der Waals surface area contributed by atoms with E-state index >= 15 is 0 Å². The van der Waals surface area contributed by atoms with Gasteiger partial charge in [-0.2, -0.15) is 0 Å². The van der Waals surface area contributed by atoms with Gasteiger partial charge in [-0.05, 0) is 73.6 Å². The quantitative estimate of drug-likeness (QED) is 0.146. The third kappa shape index (κ3) is 11.4. The van der Waals surface area contributed by atoms with Crippen LogP contribution in [-0.4, -0.2) is 95.4 Å². The number of aliphatic carboxylic acids is 3. The molecule has 0 aliphatic rings. The standard InChI is InChI=1S/C27H33NO4.C6H8O7/c1-28(2)18-5-19-32-26-16-10-23(11-17-26)27(29,22-8-14-25(31-4)15-9-22)20-21-6-12-24(30-3)13-7-21;7-3(8)1-6(13,5(11)12)2-4(9)10/h6-17,29H,5,18-20H2,1-4H3;13H,1-2H2,(H,7,8)(H,9,10)(H,11,12). The maximum absolute atomic E-state index is 11.9. The highest BCUT2D eigenvalue weighted by Gasteiger charge is 2.40. The molecule has 0 aliphatic heterocycles. The van der Waals surface area contributed by atoms with Gasteiger partial charge in [0.1, 0.15) is 22.8 Å². The van der Waals surface area contributed by atoms with E-state index in [4.69, 9.17) is 34.6 Å². The van der Waals surface area contributed by atoms with Crippen molar-refractivity contribution in [3.05, 3.63) is 89.5 Å². The fourth-order valence-corrected chi connectivity index (χ4v) is 4.39. The van der Waals surface area contributed by atoms with Crippen molar-refractivity contribution < 1.29 is 54.1 Å². The summed E-state index contributed by atoms with van der Waals surface area (Å²) in [7, 11) is 7.39. The minimum atomic E-state index is -2.74. The SMILES string of the molecule is COc1ccc(CC(O)(c2ccc(OC)cc2)c2ccc(OCCCN(C)C)cc2)cc1.O=C(O)CC(O)(CC(=O)O)C(=O)O. The lowest BCUT2D eigenvalue weighted by atomic mass is 9.81. The molecule has 3 aromatic carbocycles. The number of aliphatic hydroxyl groups is 2. The number of hydrogen-bond donors (Lipinski definition) is 5. The Labute approximate surface area is 262 Å². The van der Waals surface area contributed by atoms with Crippen LogP contribution in [0.4, 0.5) is 0 Å². The van der Waals surface area contributed by atoms with Crippen LogP contribution in [0.25, 0.3) is 0 Å². The Kier molecular flexibility index (Phi) is 13.8. The van der Waals surface area contributed by atoms with Gasteiger partial charge in [-0.25, -0.2) is 4.79 Å². The number of rotatable bonds is 16. The maximum Gasteiger partial charge on any atom is 0.336 e. The van der Waals surface area contributed by atoms with Crippen molar-refractivity contribution in [1.29, 1.82) is 0 Å². The average molecular weight is 628 g/mol. The number of ether oxygens (including phenoxy) is 3. The van der Waals surface area contributed by atoms with Gasteiger partial charge >= 0.3 is 17.9 Å². The minimum absolute atomic E-state index is 0.423. The van der Waals surface area contributed by atoms with Crippen molar-refractivity contribution in [2.45, 2.75) is 36.9 Å². The highest BCUT2D eigenvalue weighted by atomic mass is 16.5. The topological polar surface area (TPSA) is 183 Å². The molecule has 3 aromatic rings. The predicted molar refractivity (Wildman–Crippen MR) is 165 cm³/mol. The molecule has 12 nitrogen and oxygen atoms in total. The summed E-state index contributed by atoms with van der Waals surface area (Å²) >= 11 is 0. The summed E-state index contributed by atoms with van der Waals surface area (Å²) in [5.41, 5.74) is -1.33. The summed E-state index contributed by atoms with van der Waals surface area (Å²) in [5.74, 6) is -2.68. The van der Waals surface area contributed by atoms with Crippen molar-refractivity contribution in [3.8, 4) is 17.2 Å². The summed E-state index contributed by atoms with van der Waals surface area (Å²) in [6.07, 6.45) is -0.905. The van der Waals surface area contributed by atoms with Crippen LogP contribution in [0.1, 0.15) is 36.0 Å². The zero-order chi connectivity index (χ0) is 33.6. The fourth-order valence-electron chi connectivity index (χ4n) is 4.39. The second kappa shape index (κ2) is 17.0. The van der Waals surface area contributed by atoms with Crippen LogP contribution in [-0.2, 0) is 26.4 Å². The van der Waals surface area contributed by atoms with Gasteiger partial charge in [0.15, 0.2) is 5.60 Å². The zero-order valence-corrected chi connectivity index (χ0v) is 25.8. The Morgan fingerprint density at radius 2 is 1.11 bits per heavy atom. The van der Waals surface area contributed by atoms with E-state index in [1.54, 1.807) is 14.2 Å². The molecule has 0 heterocycles. The number of benzene rings is 3. The molecule has 0 amide bonds. The van der Waals surface area contributed by atoms with Crippen molar-refractivity contribution in [2.75, 3.05) is 41.5 Å². The fraction of sp³-hybridized carbons (Fsp3) is 0.364. The van der Waals surface area contributed by atoms with Gasteiger partial charge in [0.05, 0.1) is 33.7 Å². The summed E-state index contributed by atoms with van der Waals surface area (Å²) in [6, 6.07) is 23.1. The number of carboxylic acid groups (broad SMARTS) is 3. The van der Waals surface area contributed by atoms with Crippen LogP contribution >= 0.6 is 0 Å². The van der Waals surface area contributed by atoms with Gasteiger partial charge in [-0.1, -0.05) is 36.4 Å². The number of hydrogen-bond acceptors (Lipinski definition) is 9. The van der Waals surface area contributed by atoms with E-state index in [1.807, 2.05) is 72.8 Å². The van der Waals surface area contributed by atoms with Crippen LogP contribution in [0.15, 0.2) is 72.8 Å². The first-order valence-electron chi connectivity index (χ1n) is 14.0. The lowest BCUT2D eigenvalue weighted by Gasteiger charge is -2.30. The molecule has 45 heavy (non-hydrogen) atoms. The van der Waals surface area contributed by atoms with E-state index in [0.29, 0.717) is 13.0 Å². The number of carbonyl (C=O) groups is 3. The molecule has 0 saturated heterocycles. The molecule has 3 rings (SSSR count). The Morgan fingerprint density at radius 3 is 1.49 bits per heavy atom. The summed E-state index contributed by atoms with van der Waals surface area (Å²) in [6.45, 7) is 1.64. The Morgan fingerprint density at radius 1 is 0.689 bits per heavy atom. The van der Waals surface area contributed by atoms with Crippen molar-refractivity contribution >= 4 is 17.9 Å². The summed E-state index contributed by atoms with van der Waals surface area (Å²) < 4.78 is 16.4. The molecular weight excluding hydrogens is 586 g/mol. The molecular formula is C33H41NO11. The zero-order valence-electron chi connectivity index (χ0n) is 25.8. The van der Waals surface area contributed by atoms with Crippen molar-refractivity contribution in [1.82, 2.24) is 4.90 Å². The normalized spacial score (nSPS) is 12.3. The molecule has 0 bridgehead atoms. The number of carboxylic acids is 3. The predicted octanol–water partition coefficient (Wildman–Crippen LogP) is 3.26. The molecule has 244 valence electrons. The highest BCUT2D eigenvalue weighted by Crippen LogP contribution is 2.35. The van der Waals surface area contributed by atoms with Crippen LogP contribution in [0.3, 0.4) is 0 Å².